The van der Waals surface area contributed by atoms with E-state index < -0.39 is 42.1 Å². The zero-order chi connectivity index (χ0) is 24.8. The van der Waals surface area contributed by atoms with Gasteiger partial charge in [-0.25, -0.2) is 8.78 Å². The molecule has 0 radical (unpaired) electrons. The van der Waals surface area contributed by atoms with Crippen molar-refractivity contribution in [1.82, 2.24) is 10.2 Å². The zero-order valence-corrected chi connectivity index (χ0v) is 18.0. The van der Waals surface area contributed by atoms with E-state index in [-0.39, 0.29) is 35.5 Å². The van der Waals surface area contributed by atoms with Gasteiger partial charge >= 0.3 is 12.1 Å². The number of amidine groups is 1. The van der Waals surface area contributed by atoms with Crippen LogP contribution in [0.25, 0.3) is 0 Å². The maximum Gasteiger partial charge on any atom is 0.473 e. The molecular formula is C22H23F5N4O3. The summed E-state index contributed by atoms with van der Waals surface area (Å²) >= 11 is 0. The summed E-state index contributed by atoms with van der Waals surface area (Å²) in [5.74, 6) is -8.37. The third-order valence-corrected chi connectivity index (χ3v) is 6.58. The number of amides is 3. The molecule has 3 aliphatic rings. The van der Waals surface area contributed by atoms with E-state index in [9.17, 15) is 36.3 Å². The predicted molar refractivity (Wildman–Crippen MR) is 110 cm³/mol. The molecule has 0 bridgehead atoms. The number of halogens is 5. The second kappa shape index (κ2) is 8.62. The summed E-state index contributed by atoms with van der Waals surface area (Å²) in [4.78, 5) is 40.6. The molecule has 1 aromatic carbocycles. The van der Waals surface area contributed by atoms with E-state index >= 15 is 0 Å². The molecule has 7 nitrogen and oxygen atoms in total. The van der Waals surface area contributed by atoms with Crippen molar-refractivity contribution in [1.29, 1.82) is 0 Å². The van der Waals surface area contributed by atoms with Crippen LogP contribution in [-0.2, 0) is 16.1 Å². The average molecular weight is 486 g/mol. The molecule has 1 heterocycles. The summed E-state index contributed by atoms with van der Waals surface area (Å²) in [6, 6.07) is 3.91. The highest BCUT2D eigenvalue weighted by molar-refractivity contribution is 6.07. The van der Waals surface area contributed by atoms with Gasteiger partial charge < -0.3 is 16.0 Å². The van der Waals surface area contributed by atoms with Crippen LogP contribution < -0.4 is 11.1 Å². The molecule has 1 unspecified atom stereocenters. The van der Waals surface area contributed by atoms with Gasteiger partial charge in [0.25, 0.3) is 11.8 Å². The van der Waals surface area contributed by atoms with Crippen LogP contribution in [0.2, 0.25) is 0 Å². The second-order valence-electron chi connectivity index (χ2n) is 9.03. The van der Waals surface area contributed by atoms with E-state index in [0.29, 0.717) is 18.5 Å². The van der Waals surface area contributed by atoms with Gasteiger partial charge in [0.05, 0.1) is 0 Å². The SMILES string of the molecule is NC(=NC(=O)C(F)(F)F)c1ccc2c(c1)C(=O)N(C[C@@H]1CCCCC1NC(=O)[C@@H]1CC1(F)F)C2. The lowest BCUT2D eigenvalue weighted by atomic mass is 9.84. The summed E-state index contributed by atoms with van der Waals surface area (Å²) in [7, 11) is 0. The number of hydrogen-bond donors (Lipinski definition) is 2. The maximum absolute atomic E-state index is 13.2. The minimum absolute atomic E-state index is 0.0136. The zero-order valence-electron chi connectivity index (χ0n) is 18.0. The molecule has 2 fully saturated rings. The molecule has 184 valence electrons. The molecule has 12 heteroatoms. The van der Waals surface area contributed by atoms with E-state index in [4.69, 9.17) is 5.73 Å². The average Bonchev–Trinajstić information content (AvgIpc) is 3.30. The number of hydrogen-bond acceptors (Lipinski definition) is 3. The van der Waals surface area contributed by atoms with Crippen LogP contribution in [0.15, 0.2) is 23.2 Å². The number of nitrogens with one attached hydrogen (secondary N) is 1. The first kappa shape index (κ1) is 24.1. The Labute approximate surface area is 191 Å². The summed E-state index contributed by atoms with van der Waals surface area (Å²) in [6.45, 7) is 0.551. The van der Waals surface area contributed by atoms with Crippen molar-refractivity contribution < 1.29 is 36.3 Å². The Morgan fingerprint density at radius 3 is 2.53 bits per heavy atom. The van der Waals surface area contributed by atoms with Crippen molar-refractivity contribution in [3.63, 3.8) is 0 Å². The molecule has 3 atom stereocenters. The monoisotopic (exact) mass is 486 g/mol. The summed E-state index contributed by atoms with van der Waals surface area (Å²) in [5.41, 5.74) is 6.43. The lowest BCUT2D eigenvalue weighted by Crippen LogP contribution is -2.47. The Kier molecular flexibility index (Phi) is 6.11. The van der Waals surface area contributed by atoms with Gasteiger partial charge in [-0.1, -0.05) is 25.0 Å². The van der Waals surface area contributed by atoms with Gasteiger partial charge in [-0.05, 0) is 30.4 Å². The Morgan fingerprint density at radius 1 is 1.21 bits per heavy atom. The Bertz CT molecular complexity index is 1060. The number of aliphatic imine (C=N–C) groups is 1. The van der Waals surface area contributed by atoms with Crippen molar-refractivity contribution >= 4 is 23.6 Å². The second-order valence-corrected chi connectivity index (χ2v) is 9.03. The van der Waals surface area contributed by atoms with E-state index in [1.165, 1.54) is 18.2 Å². The predicted octanol–water partition coefficient (Wildman–Crippen LogP) is 2.77. The van der Waals surface area contributed by atoms with Crippen LogP contribution in [0.1, 0.15) is 53.6 Å². The molecule has 0 saturated heterocycles. The highest BCUT2D eigenvalue weighted by Crippen LogP contribution is 2.48. The number of nitrogens with zero attached hydrogens (tertiary/aromatic N) is 2. The van der Waals surface area contributed by atoms with Gasteiger partial charge in [0.2, 0.25) is 5.91 Å². The fraction of sp³-hybridized carbons (Fsp3) is 0.545. The number of rotatable bonds is 5. The molecule has 1 aliphatic heterocycles. The number of fused-ring (bicyclic) bond motifs is 1. The fourth-order valence-electron chi connectivity index (χ4n) is 4.59. The van der Waals surface area contributed by atoms with E-state index in [2.05, 4.69) is 10.3 Å². The van der Waals surface area contributed by atoms with Crippen LogP contribution in [0, 0.1) is 11.8 Å². The van der Waals surface area contributed by atoms with E-state index in [1.54, 1.807) is 4.90 Å². The van der Waals surface area contributed by atoms with Crippen LogP contribution in [0.5, 0.6) is 0 Å². The topological polar surface area (TPSA) is 105 Å². The van der Waals surface area contributed by atoms with Crippen molar-refractivity contribution in [3.05, 3.63) is 34.9 Å². The molecule has 0 aromatic heterocycles. The van der Waals surface area contributed by atoms with Crippen LogP contribution in [0.4, 0.5) is 22.0 Å². The normalized spacial score (nSPS) is 26.3. The summed E-state index contributed by atoms with van der Waals surface area (Å²) < 4.78 is 63.8. The molecule has 2 aliphatic carbocycles. The van der Waals surface area contributed by atoms with Gasteiger partial charge in [0.15, 0.2) is 0 Å². The van der Waals surface area contributed by atoms with Gasteiger partial charge in [0, 0.05) is 36.7 Å². The molecule has 1 aromatic rings. The van der Waals surface area contributed by atoms with Crippen molar-refractivity contribution in [2.24, 2.45) is 22.6 Å². The molecule has 0 spiro atoms. The van der Waals surface area contributed by atoms with E-state index in [0.717, 1.165) is 19.3 Å². The van der Waals surface area contributed by atoms with Gasteiger partial charge in [0.1, 0.15) is 11.8 Å². The number of nitrogens with two attached hydrogens (primary N) is 1. The lowest BCUT2D eigenvalue weighted by molar-refractivity contribution is -0.169. The molecule has 2 saturated carbocycles. The van der Waals surface area contributed by atoms with Crippen LogP contribution in [-0.4, -0.2) is 53.1 Å². The Hall–Kier alpha value is -3.05. The molecule has 4 rings (SSSR count). The smallest absolute Gasteiger partial charge is 0.383 e. The number of benzene rings is 1. The van der Waals surface area contributed by atoms with Crippen LogP contribution in [0.3, 0.4) is 0 Å². The van der Waals surface area contributed by atoms with Crippen molar-refractivity contribution in [2.45, 2.75) is 56.8 Å². The molecule has 3 N–H and O–H groups in total. The number of carbonyl (C=O) groups is 3. The van der Waals surface area contributed by atoms with Gasteiger partial charge in [-0.2, -0.15) is 18.2 Å². The van der Waals surface area contributed by atoms with Crippen molar-refractivity contribution in [3.8, 4) is 0 Å². The fourth-order valence-corrected chi connectivity index (χ4v) is 4.59. The van der Waals surface area contributed by atoms with Gasteiger partial charge in [-0.15, -0.1) is 0 Å². The maximum atomic E-state index is 13.2. The lowest BCUT2D eigenvalue weighted by Gasteiger charge is -2.34. The first-order valence-electron chi connectivity index (χ1n) is 10.9. The first-order chi connectivity index (χ1) is 15.9. The number of carbonyl (C=O) groups excluding carboxylic acids is 3. The van der Waals surface area contributed by atoms with Crippen molar-refractivity contribution in [2.75, 3.05) is 6.54 Å². The minimum atomic E-state index is -5.16. The Morgan fingerprint density at radius 2 is 1.88 bits per heavy atom. The van der Waals surface area contributed by atoms with Crippen LogP contribution >= 0.6 is 0 Å². The number of alkyl halides is 5. The standard InChI is InChI=1S/C22H23F5N4O3/c23-21(24)8-15(21)18(32)29-16-4-2-1-3-13(16)10-31-9-12-6-5-11(7-14(12)19(31)33)17(28)30-20(34)22(25,26)27/h5-7,13,15-16H,1-4,8-10H2,(H,29,32)(H2,28,30,34)/t13-,15-,16?/m0/s1. The first-order valence-corrected chi connectivity index (χ1v) is 10.9. The summed E-state index contributed by atoms with van der Waals surface area (Å²) in [6.07, 6.45) is -2.52. The highest BCUT2D eigenvalue weighted by Gasteiger charge is 2.61. The minimum Gasteiger partial charge on any atom is -0.383 e. The summed E-state index contributed by atoms with van der Waals surface area (Å²) in [5, 5.41) is 2.74. The Balaban J connectivity index is 1.44. The molecular weight excluding hydrogens is 463 g/mol. The third kappa shape index (κ3) is 4.90. The quantitative estimate of drug-likeness (QED) is 0.379. The van der Waals surface area contributed by atoms with Gasteiger partial charge in [-0.3, -0.25) is 14.4 Å². The molecule has 34 heavy (non-hydrogen) atoms. The highest BCUT2D eigenvalue weighted by atomic mass is 19.4. The largest absolute Gasteiger partial charge is 0.473 e. The third-order valence-electron chi connectivity index (χ3n) is 6.58. The molecule has 3 amide bonds. The van der Waals surface area contributed by atoms with E-state index in [1.807, 2.05) is 0 Å².